The third-order valence-electron chi connectivity index (χ3n) is 3.98. The van der Waals surface area contributed by atoms with Crippen LogP contribution in [0.2, 0.25) is 0 Å². The van der Waals surface area contributed by atoms with Crippen molar-refractivity contribution in [2.24, 2.45) is 0 Å². The van der Waals surface area contributed by atoms with Gasteiger partial charge in [0.05, 0.1) is 10.6 Å². The van der Waals surface area contributed by atoms with Gasteiger partial charge in [-0.15, -0.1) is 0 Å². The minimum atomic E-state index is -3.88. The topological polar surface area (TPSA) is 87.5 Å². The van der Waals surface area contributed by atoms with Gasteiger partial charge in [0, 0.05) is 12.7 Å². The van der Waals surface area contributed by atoms with Crippen LogP contribution in [0, 0.1) is 6.92 Å². The first-order valence-electron chi connectivity index (χ1n) is 8.12. The molecule has 1 aromatic heterocycles. The lowest BCUT2D eigenvalue weighted by Crippen LogP contribution is -2.31. The van der Waals surface area contributed by atoms with Crippen LogP contribution in [0.25, 0.3) is 0 Å². The summed E-state index contributed by atoms with van der Waals surface area (Å²) in [6, 6.07) is 9.21. The van der Waals surface area contributed by atoms with Crippen molar-refractivity contribution in [3.8, 4) is 0 Å². The van der Waals surface area contributed by atoms with Gasteiger partial charge in [-0.25, -0.2) is 4.68 Å². The van der Waals surface area contributed by atoms with Crippen molar-refractivity contribution in [1.82, 2.24) is 9.78 Å². The Morgan fingerprint density at radius 3 is 2.64 bits per heavy atom. The molecule has 1 atom stereocenters. The number of rotatable bonds is 5. The molecule has 1 aliphatic rings. The van der Waals surface area contributed by atoms with E-state index in [1.807, 2.05) is 6.92 Å². The van der Waals surface area contributed by atoms with Crippen LogP contribution in [0.5, 0.6) is 0 Å². The predicted octanol–water partition coefficient (Wildman–Crippen LogP) is 2.16. The van der Waals surface area contributed by atoms with E-state index < -0.39 is 16.3 Å². The molecule has 3 rings (SSSR count). The largest absolute Gasteiger partial charge is 0.356 e. The second-order valence-corrected chi connectivity index (χ2v) is 7.57. The van der Waals surface area contributed by atoms with Gasteiger partial charge < -0.3 is 4.74 Å². The van der Waals surface area contributed by atoms with Crippen LogP contribution in [0.15, 0.2) is 46.1 Å². The van der Waals surface area contributed by atoms with Crippen molar-refractivity contribution in [2.75, 3.05) is 6.61 Å². The maximum Gasteiger partial charge on any atom is 0.297 e. The summed E-state index contributed by atoms with van der Waals surface area (Å²) in [6.45, 7) is 2.21. The zero-order valence-corrected chi connectivity index (χ0v) is 14.7. The Balaban J connectivity index is 1.74. The molecule has 0 aliphatic carbocycles. The number of aryl methyl sites for hydroxylation is 1. The highest BCUT2D eigenvalue weighted by Gasteiger charge is 2.19. The first-order chi connectivity index (χ1) is 12.0. The summed E-state index contributed by atoms with van der Waals surface area (Å²) in [5.41, 5.74) is 1.03. The third kappa shape index (κ3) is 4.33. The lowest BCUT2D eigenvalue weighted by atomic mass is 10.2. The summed E-state index contributed by atoms with van der Waals surface area (Å²) < 4.78 is 36.4. The van der Waals surface area contributed by atoms with Gasteiger partial charge in [-0.05, 0) is 44.4 Å². The molecule has 0 saturated carbocycles. The van der Waals surface area contributed by atoms with Crippen molar-refractivity contribution in [2.45, 2.75) is 43.9 Å². The van der Waals surface area contributed by atoms with E-state index in [4.69, 9.17) is 8.92 Å². The van der Waals surface area contributed by atoms with E-state index in [-0.39, 0.29) is 17.1 Å². The number of ether oxygens (including phenoxy) is 1. The molecule has 2 heterocycles. The Labute approximate surface area is 146 Å². The fourth-order valence-corrected chi connectivity index (χ4v) is 3.46. The molecule has 0 amide bonds. The smallest absolute Gasteiger partial charge is 0.297 e. The molecule has 0 N–H and O–H groups in total. The first-order valence-corrected chi connectivity index (χ1v) is 9.53. The van der Waals surface area contributed by atoms with Crippen LogP contribution in [0.1, 0.15) is 36.7 Å². The molecule has 2 aromatic rings. The molecule has 7 nitrogen and oxygen atoms in total. The quantitative estimate of drug-likeness (QED) is 0.756. The molecule has 134 valence electrons. The van der Waals surface area contributed by atoms with Gasteiger partial charge in [-0.1, -0.05) is 17.7 Å². The van der Waals surface area contributed by atoms with E-state index in [1.165, 1.54) is 28.9 Å². The second-order valence-electron chi connectivity index (χ2n) is 5.96. The summed E-state index contributed by atoms with van der Waals surface area (Å²) >= 11 is 0. The number of hydrogen-bond acceptors (Lipinski definition) is 6. The van der Waals surface area contributed by atoms with Crippen molar-refractivity contribution in [3.63, 3.8) is 0 Å². The molecule has 0 bridgehead atoms. The van der Waals surface area contributed by atoms with Crippen LogP contribution < -0.4 is 5.56 Å². The summed E-state index contributed by atoms with van der Waals surface area (Å²) in [5, 5.41) is 4.20. The number of nitrogens with zero attached hydrogens (tertiary/aromatic N) is 2. The van der Waals surface area contributed by atoms with E-state index in [0.29, 0.717) is 18.7 Å². The van der Waals surface area contributed by atoms with Gasteiger partial charge in [0.15, 0.2) is 6.23 Å². The maximum absolute atomic E-state index is 12.2. The lowest BCUT2D eigenvalue weighted by Gasteiger charge is -2.23. The Morgan fingerprint density at radius 1 is 1.20 bits per heavy atom. The summed E-state index contributed by atoms with van der Waals surface area (Å²) in [5.74, 6) is 0. The van der Waals surface area contributed by atoms with Crippen LogP contribution in [0.3, 0.4) is 0 Å². The van der Waals surface area contributed by atoms with Crippen LogP contribution in [-0.4, -0.2) is 24.8 Å². The first kappa shape index (κ1) is 17.8. The zero-order valence-electron chi connectivity index (χ0n) is 13.9. The molecule has 25 heavy (non-hydrogen) atoms. The summed E-state index contributed by atoms with van der Waals surface area (Å²) in [4.78, 5) is 12.1. The Kier molecular flexibility index (Phi) is 5.31. The van der Waals surface area contributed by atoms with E-state index in [2.05, 4.69) is 5.10 Å². The van der Waals surface area contributed by atoms with E-state index in [9.17, 15) is 13.2 Å². The maximum atomic E-state index is 12.2. The molecule has 0 radical (unpaired) electrons. The van der Waals surface area contributed by atoms with Crippen molar-refractivity contribution >= 4 is 10.1 Å². The third-order valence-corrected chi connectivity index (χ3v) is 5.26. The van der Waals surface area contributed by atoms with E-state index in [0.717, 1.165) is 18.4 Å². The van der Waals surface area contributed by atoms with Crippen LogP contribution in [-0.2, 0) is 25.6 Å². The summed E-state index contributed by atoms with van der Waals surface area (Å²) in [7, 11) is -3.88. The average Bonchev–Trinajstić information content (AvgIpc) is 2.62. The van der Waals surface area contributed by atoms with Gasteiger partial charge in [0.2, 0.25) is 0 Å². The van der Waals surface area contributed by atoms with Crippen LogP contribution >= 0.6 is 0 Å². The number of aromatic nitrogens is 2. The second kappa shape index (κ2) is 7.47. The minimum Gasteiger partial charge on any atom is -0.356 e. The Bertz CT molecular complexity index is 884. The molecule has 1 saturated heterocycles. The zero-order chi connectivity index (χ0) is 17.9. The van der Waals surface area contributed by atoms with Crippen LogP contribution in [0.4, 0.5) is 0 Å². The molecule has 1 unspecified atom stereocenters. The van der Waals surface area contributed by atoms with Crippen molar-refractivity contribution in [1.29, 1.82) is 0 Å². The average molecular weight is 364 g/mol. The number of benzene rings is 1. The highest BCUT2D eigenvalue weighted by atomic mass is 32.2. The number of hydrogen-bond donors (Lipinski definition) is 0. The molecular formula is C17H20N2O5S. The van der Waals surface area contributed by atoms with Gasteiger partial charge in [0.1, 0.15) is 6.61 Å². The highest BCUT2D eigenvalue weighted by molar-refractivity contribution is 7.86. The van der Waals surface area contributed by atoms with E-state index >= 15 is 0 Å². The molecule has 1 aromatic carbocycles. The molecular weight excluding hydrogens is 344 g/mol. The van der Waals surface area contributed by atoms with E-state index in [1.54, 1.807) is 12.1 Å². The van der Waals surface area contributed by atoms with Crippen molar-refractivity contribution in [3.05, 3.63) is 58.0 Å². The monoisotopic (exact) mass is 364 g/mol. The predicted molar refractivity (Wildman–Crippen MR) is 90.5 cm³/mol. The fraction of sp³-hybridized carbons (Fsp3) is 0.412. The normalized spacial score (nSPS) is 18.2. The van der Waals surface area contributed by atoms with Gasteiger partial charge in [-0.3, -0.25) is 8.98 Å². The molecule has 1 aliphatic heterocycles. The lowest BCUT2D eigenvalue weighted by molar-refractivity contribution is -0.0430. The summed E-state index contributed by atoms with van der Waals surface area (Å²) in [6.07, 6.45) is 2.22. The minimum absolute atomic E-state index is 0.0852. The van der Waals surface area contributed by atoms with Crippen molar-refractivity contribution < 1.29 is 17.3 Å². The molecule has 8 heteroatoms. The van der Waals surface area contributed by atoms with Gasteiger partial charge >= 0.3 is 0 Å². The SMILES string of the molecule is Cc1ccc(S(=O)(=O)OCc2ccc(=O)n(C3CCCCO3)n2)cc1. The Morgan fingerprint density at radius 2 is 1.96 bits per heavy atom. The fourth-order valence-electron chi connectivity index (χ4n) is 2.58. The van der Waals surface area contributed by atoms with Gasteiger partial charge in [0.25, 0.3) is 15.7 Å². The Hall–Kier alpha value is -2.03. The van der Waals surface area contributed by atoms with Gasteiger partial charge in [-0.2, -0.15) is 13.5 Å². The highest BCUT2D eigenvalue weighted by Crippen LogP contribution is 2.20. The standard InChI is InChI=1S/C17H20N2O5S/c1-13-5-8-15(9-6-13)25(21,22)24-12-14-7-10-16(20)19(18-14)17-4-2-3-11-23-17/h5-10,17H,2-4,11-12H2,1H3. The molecule has 1 fully saturated rings. The molecule has 0 spiro atoms.